The summed E-state index contributed by atoms with van der Waals surface area (Å²) in [6.07, 6.45) is -0.399. The van der Waals surface area contributed by atoms with E-state index in [1.807, 2.05) is 65.0 Å². The monoisotopic (exact) mass is 395 g/mol. The largest absolute Gasteiger partial charge is 0.443 e. The second kappa shape index (κ2) is 7.49. The second-order valence-corrected chi connectivity index (χ2v) is 8.77. The Balaban J connectivity index is 1.88. The Morgan fingerprint density at radius 1 is 1.28 bits per heavy atom. The molecule has 2 aromatic carbocycles. The van der Waals surface area contributed by atoms with Gasteiger partial charge in [0.15, 0.2) is 0 Å². The van der Waals surface area contributed by atoms with E-state index in [1.54, 1.807) is 11.0 Å². The fourth-order valence-electron chi connectivity index (χ4n) is 3.74. The van der Waals surface area contributed by atoms with Crippen molar-refractivity contribution in [3.63, 3.8) is 0 Å². The van der Waals surface area contributed by atoms with Gasteiger partial charge in [0.25, 0.3) is 0 Å². The zero-order chi connectivity index (χ0) is 21.4. The number of nitrogens with one attached hydrogen (secondary N) is 1. The van der Waals surface area contributed by atoms with Gasteiger partial charge in [-0.05, 0) is 63.9 Å². The van der Waals surface area contributed by atoms with E-state index in [0.29, 0.717) is 6.54 Å². The topological polar surface area (TPSA) is 65.4 Å². The highest BCUT2D eigenvalue weighted by molar-refractivity contribution is 5.93. The van der Waals surface area contributed by atoms with Crippen molar-refractivity contribution in [2.24, 2.45) is 0 Å². The van der Waals surface area contributed by atoms with Crippen LogP contribution in [-0.4, -0.2) is 17.2 Å². The number of rotatable bonds is 3. The fourth-order valence-corrected chi connectivity index (χ4v) is 3.74. The van der Waals surface area contributed by atoms with Crippen molar-refractivity contribution in [3.8, 4) is 6.07 Å². The van der Waals surface area contributed by atoms with Gasteiger partial charge in [0.05, 0.1) is 22.8 Å². The molecule has 0 bridgehead atoms. The summed E-state index contributed by atoms with van der Waals surface area (Å²) in [7, 11) is 0. The van der Waals surface area contributed by atoms with Gasteiger partial charge in [0.2, 0.25) is 0 Å². The van der Waals surface area contributed by atoms with E-state index in [2.05, 4.69) is 5.32 Å². The first kappa shape index (κ1) is 20.8. The summed E-state index contributed by atoms with van der Waals surface area (Å²) in [5.74, 6) is -0.534. The average Bonchev–Trinajstić information content (AvgIpc) is 2.84. The Morgan fingerprint density at radius 3 is 2.59 bits per heavy atom. The molecule has 0 aliphatic carbocycles. The molecule has 5 nitrogen and oxygen atoms in total. The molecule has 29 heavy (non-hydrogen) atoms. The first-order valence-corrected chi connectivity index (χ1v) is 9.58. The predicted molar refractivity (Wildman–Crippen MR) is 110 cm³/mol. The van der Waals surface area contributed by atoms with E-state index >= 15 is 0 Å². The lowest BCUT2D eigenvalue weighted by Crippen LogP contribution is -2.52. The summed E-state index contributed by atoms with van der Waals surface area (Å²) < 4.78 is 19.6. The third-order valence-corrected chi connectivity index (χ3v) is 5.01. The summed E-state index contributed by atoms with van der Waals surface area (Å²) in [5, 5.41) is 12.4. The van der Waals surface area contributed by atoms with Crippen molar-refractivity contribution in [2.45, 2.75) is 58.3 Å². The van der Waals surface area contributed by atoms with Crippen LogP contribution in [0.1, 0.15) is 57.4 Å². The van der Waals surface area contributed by atoms with Gasteiger partial charge in [-0.25, -0.2) is 9.18 Å². The number of fused-ring (bicyclic) bond motifs is 1. The average molecular weight is 395 g/mol. The highest BCUT2D eigenvalue weighted by atomic mass is 19.1. The van der Waals surface area contributed by atoms with E-state index in [1.165, 1.54) is 12.1 Å². The Labute approximate surface area is 171 Å². The minimum absolute atomic E-state index is 0.0244. The van der Waals surface area contributed by atoms with Crippen LogP contribution in [0.4, 0.5) is 14.9 Å². The molecule has 1 N–H and O–H groups in total. The molecule has 1 aliphatic rings. The van der Waals surface area contributed by atoms with E-state index < -0.39 is 23.1 Å². The number of carbonyl (C=O) groups is 1. The van der Waals surface area contributed by atoms with Crippen molar-refractivity contribution >= 4 is 11.8 Å². The zero-order valence-corrected chi connectivity index (χ0v) is 17.4. The highest BCUT2D eigenvalue weighted by Gasteiger charge is 2.48. The number of halogens is 1. The van der Waals surface area contributed by atoms with Gasteiger partial charge >= 0.3 is 6.09 Å². The maximum Gasteiger partial charge on any atom is 0.415 e. The van der Waals surface area contributed by atoms with Crippen LogP contribution in [0.15, 0.2) is 42.5 Å². The number of nitriles is 1. The first-order valence-electron chi connectivity index (χ1n) is 9.58. The normalized spacial score (nSPS) is 17.6. The third kappa shape index (κ3) is 4.10. The van der Waals surface area contributed by atoms with Crippen molar-refractivity contribution < 1.29 is 13.9 Å². The molecule has 6 heteroatoms. The molecule has 2 aromatic rings. The van der Waals surface area contributed by atoms with Gasteiger partial charge < -0.3 is 10.1 Å². The van der Waals surface area contributed by atoms with E-state index in [0.717, 1.165) is 16.8 Å². The molecular weight excluding hydrogens is 369 g/mol. The first-order chi connectivity index (χ1) is 13.5. The van der Waals surface area contributed by atoms with Gasteiger partial charge in [-0.3, -0.25) is 4.90 Å². The predicted octanol–water partition coefficient (Wildman–Crippen LogP) is 5.06. The molecule has 0 radical (unpaired) electrons. The van der Waals surface area contributed by atoms with E-state index in [9.17, 15) is 9.18 Å². The molecule has 0 saturated carbocycles. The number of carbonyl (C=O) groups excluding carboxylic acids is 1. The fraction of sp³-hybridized carbons (Fsp3) is 0.391. The molecule has 1 unspecified atom stereocenters. The number of benzene rings is 2. The van der Waals surface area contributed by atoms with Gasteiger partial charge in [0, 0.05) is 6.54 Å². The Bertz CT molecular complexity index is 973. The molecule has 1 heterocycles. The number of amides is 1. The summed E-state index contributed by atoms with van der Waals surface area (Å²) in [4.78, 5) is 14.7. The van der Waals surface area contributed by atoms with Crippen molar-refractivity contribution in [1.82, 2.24) is 5.32 Å². The van der Waals surface area contributed by atoms with Crippen LogP contribution in [0, 0.1) is 17.1 Å². The smallest absolute Gasteiger partial charge is 0.415 e. The molecule has 152 valence electrons. The van der Waals surface area contributed by atoms with Crippen LogP contribution in [0.3, 0.4) is 0 Å². The van der Waals surface area contributed by atoms with E-state index in [-0.39, 0.29) is 11.6 Å². The zero-order valence-electron chi connectivity index (χ0n) is 17.4. The highest BCUT2D eigenvalue weighted by Crippen LogP contribution is 2.46. The summed E-state index contributed by atoms with van der Waals surface area (Å²) in [6.45, 7) is 9.88. The summed E-state index contributed by atoms with van der Waals surface area (Å²) in [5.41, 5.74) is 1.33. The molecule has 3 rings (SSSR count). The summed E-state index contributed by atoms with van der Waals surface area (Å²) in [6, 6.07) is 13.9. The minimum Gasteiger partial charge on any atom is -0.443 e. The van der Waals surface area contributed by atoms with Gasteiger partial charge in [-0.15, -0.1) is 0 Å². The van der Waals surface area contributed by atoms with Gasteiger partial charge in [-0.1, -0.05) is 24.3 Å². The Kier molecular flexibility index (Phi) is 5.38. The quantitative estimate of drug-likeness (QED) is 0.789. The number of hydrogen-bond acceptors (Lipinski definition) is 4. The van der Waals surface area contributed by atoms with Crippen LogP contribution in [0.2, 0.25) is 0 Å². The number of para-hydroxylation sites is 1. The maximum absolute atomic E-state index is 13.9. The van der Waals surface area contributed by atoms with E-state index in [4.69, 9.17) is 10.00 Å². The number of nitrogens with zero attached hydrogens (tertiary/aromatic N) is 2. The molecule has 0 saturated heterocycles. The number of ether oxygens (including phenoxy) is 1. The van der Waals surface area contributed by atoms with Crippen LogP contribution in [-0.2, 0) is 11.3 Å². The van der Waals surface area contributed by atoms with Crippen LogP contribution in [0.5, 0.6) is 0 Å². The standard InChI is InChI=1S/C23H26FN3O2/c1-22(2,3)29-21(28)27-19-9-7-6-8-17(19)20(23(27,4)5)26-14-15-10-11-16(13-25)18(24)12-15/h6-12,20,26H,14H2,1-5H3. The summed E-state index contributed by atoms with van der Waals surface area (Å²) >= 11 is 0. The van der Waals surface area contributed by atoms with Crippen LogP contribution in [0.25, 0.3) is 0 Å². The molecular formula is C23H26FN3O2. The van der Waals surface area contributed by atoms with Gasteiger partial charge in [-0.2, -0.15) is 5.26 Å². The van der Waals surface area contributed by atoms with Crippen molar-refractivity contribution in [2.75, 3.05) is 4.90 Å². The molecule has 0 fully saturated rings. The Hall–Kier alpha value is -2.91. The van der Waals surface area contributed by atoms with Crippen LogP contribution >= 0.6 is 0 Å². The second-order valence-electron chi connectivity index (χ2n) is 8.77. The molecule has 1 atom stereocenters. The van der Waals surface area contributed by atoms with Crippen molar-refractivity contribution in [1.29, 1.82) is 5.26 Å². The maximum atomic E-state index is 13.9. The number of hydrogen-bond donors (Lipinski definition) is 1. The van der Waals surface area contributed by atoms with Crippen LogP contribution < -0.4 is 10.2 Å². The molecule has 0 spiro atoms. The number of anilines is 1. The lowest BCUT2D eigenvalue weighted by atomic mass is 9.92. The SMILES string of the molecule is CC(C)(C)OC(=O)N1c2ccccc2C(NCc2ccc(C#N)c(F)c2)C1(C)C. The minimum atomic E-state index is -0.604. The third-order valence-electron chi connectivity index (χ3n) is 5.01. The lowest BCUT2D eigenvalue weighted by molar-refractivity contribution is 0.0541. The lowest BCUT2D eigenvalue weighted by Gasteiger charge is -2.37. The molecule has 1 amide bonds. The van der Waals surface area contributed by atoms with Gasteiger partial charge in [0.1, 0.15) is 17.5 Å². The molecule has 0 aromatic heterocycles. The molecule has 1 aliphatic heterocycles. The Morgan fingerprint density at radius 2 is 1.97 bits per heavy atom. The van der Waals surface area contributed by atoms with Crippen molar-refractivity contribution in [3.05, 3.63) is 65.0 Å².